The standard InChI is InChI=1S/C10H21NO2/c1-10(2)5-4-7-13-8-6-11(3)9-12/h9-10H,4-8H2,1-3H3. The molecule has 0 fully saturated rings. The Morgan fingerprint density at radius 2 is 2.08 bits per heavy atom. The fourth-order valence-electron chi connectivity index (χ4n) is 0.957. The first kappa shape index (κ1) is 12.4. The molecule has 0 unspecified atom stereocenters. The molecule has 0 bridgehead atoms. The van der Waals surface area contributed by atoms with E-state index in [1.165, 1.54) is 6.42 Å². The van der Waals surface area contributed by atoms with Gasteiger partial charge in [-0.15, -0.1) is 0 Å². The van der Waals surface area contributed by atoms with E-state index in [4.69, 9.17) is 4.74 Å². The smallest absolute Gasteiger partial charge is 0.209 e. The predicted octanol–water partition coefficient (Wildman–Crippen LogP) is 1.53. The van der Waals surface area contributed by atoms with Crippen molar-refractivity contribution in [1.82, 2.24) is 4.90 Å². The van der Waals surface area contributed by atoms with Crippen LogP contribution in [0, 0.1) is 5.92 Å². The highest BCUT2D eigenvalue weighted by molar-refractivity contribution is 5.46. The molecule has 0 aliphatic carbocycles. The van der Waals surface area contributed by atoms with Crippen molar-refractivity contribution in [3.05, 3.63) is 0 Å². The minimum Gasteiger partial charge on any atom is -0.380 e. The Balaban J connectivity index is 3.03. The molecule has 3 heteroatoms. The number of rotatable bonds is 8. The van der Waals surface area contributed by atoms with E-state index in [1.54, 1.807) is 11.9 Å². The lowest BCUT2D eigenvalue weighted by Crippen LogP contribution is -2.21. The zero-order valence-electron chi connectivity index (χ0n) is 8.95. The van der Waals surface area contributed by atoms with Gasteiger partial charge in [0.25, 0.3) is 0 Å². The third-order valence-electron chi connectivity index (χ3n) is 1.84. The summed E-state index contributed by atoms with van der Waals surface area (Å²) in [5.74, 6) is 0.751. The number of hydrogen-bond acceptors (Lipinski definition) is 2. The minimum absolute atomic E-state index is 0.646. The second-order valence-electron chi connectivity index (χ2n) is 3.73. The topological polar surface area (TPSA) is 29.5 Å². The summed E-state index contributed by atoms with van der Waals surface area (Å²) in [6.45, 7) is 6.56. The van der Waals surface area contributed by atoms with E-state index < -0.39 is 0 Å². The summed E-state index contributed by atoms with van der Waals surface area (Å²) in [5.41, 5.74) is 0. The SMILES string of the molecule is CC(C)CCCOCCN(C)C=O. The first-order valence-corrected chi connectivity index (χ1v) is 4.90. The predicted molar refractivity (Wildman–Crippen MR) is 53.6 cm³/mol. The molecule has 0 saturated carbocycles. The van der Waals surface area contributed by atoms with Crippen LogP contribution in [-0.4, -0.2) is 38.1 Å². The highest BCUT2D eigenvalue weighted by Crippen LogP contribution is 2.02. The average molecular weight is 187 g/mol. The summed E-state index contributed by atoms with van der Waals surface area (Å²) in [5, 5.41) is 0. The molecule has 0 aromatic rings. The van der Waals surface area contributed by atoms with Gasteiger partial charge in [-0.2, -0.15) is 0 Å². The maximum Gasteiger partial charge on any atom is 0.209 e. The van der Waals surface area contributed by atoms with Gasteiger partial charge in [-0.1, -0.05) is 13.8 Å². The van der Waals surface area contributed by atoms with E-state index in [-0.39, 0.29) is 0 Å². The number of ether oxygens (including phenoxy) is 1. The molecule has 13 heavy (non-hydrogen) atoms. The van der Waals surface area contributed by atoms with Crippen LogP contribution in [0.4, 0.5) is 0 Å². The average Bonchev–Trinajstić information content (AvgIpc) is 2.10. The zero-order valence-corrected chi connectivity index (χ0v) is 8.95. The second kappa shape index (κ2) is 8.05. The molecular formula is C10H21NO2. The van der Waals surface area contributed by atoms with Gasteiger partial charge in [0.05, 0.1) is 6.61 Å². The minimum atomic E-state index is 0.646. The van der Waals surface area contributed by atoms with Crippen molar-refractivity contribution < 1.29 is 9.53 Å². The maximum absolute atomic E-state index is 10.2. The molecule has 3 nitrogen and oxygen atoms in total. The first-order valence-electron chi connectivity index (χ1n) is 4.90. The van der Waals surface area contributed by atoms with Crippen LogP contribution in [-0.2, 0) is 9.53 Å². The number of likely N-dealkylation sites (N-methyl/N-ethyl adjacent to an activating group) is 1. The van der Waals surface area contributed by atoms with Gasteiger partial charge in [-0.25, -0.2) is 0 Å². The molecule has 0 radical (unpaired) electrons. The summed E-state index contributed by atoms with van der Waals surface area (Å²) in [4.78, 5) is 11.8. The van der Waals surface area contributed by atoms with Crippen molar-refractivity contribution >= 4 is 6.41 Å². The molecule has 0 saturated heterocycles. The van der Waals surface area contributed by atoms with Gasteiger partial charge in [-0.3, -0.25) is 4.79 Å². The molecule has 0 aliphatic rings. The number of carbonyl (C=O) groups is 1. The third kappa shape index (κ3) is 9.34. The Morgan fingerprint density at radius 1 is 1.38 bits per heavy atom. The number of nitrogens with zero attached hydrogens (tertiary/aromatic N) is 1. The van der Waals surface area contributed by atoms with E-state index in [9.17, 15) is 4.79 Å². The van der Waals surface area contributed by atoms with E-state index >= 15 is 0 Å². The zero-order chi connectivity index (χ0) is 10.1. The van der Waals surface area contributed by atoms with Crippen LogP contribution in [0.2, 0.25) is 0 Å². The van der Waals surface area contributed by atoms with Gasteiger partial charge in [0.15, 0.2) is 0 Å². The van der Waals surface area contributed by atoms with Crippen LogP contribution in [0.1, 0.15) is 26.7 Å². The number of carbonyl (C=O) groups excluding carboxylic acids is 1. The first-order chi connectivity index (χ1) is 6.16. The lowest BCUT2D eigenvalue weighted by molar-refractivity contribution is -0.117. The van der Waals surface area contributed by atoms with Gasteiger partial charge < -0.3 is 9.64 Å². The number of amides is 1. The molecule has 0 rings (SSSR count). The molecule has 0 aromatic carbocycles. The van der Waals surface area contributed by atoms with Crippen LogP contribution >= 0.6 is 0 Å². The van der Waals surface area contributed by atoms with Crippen molar-refractivity contribution in [2.75, 3.05) is 26.8 Å². The molecule has 0 aromatic heterocycles. The van der Waals surface area contributed by atoms with Crippen molar-refractivity contribution in [2.45, 2.75) is 26.7 Å². The summed E-state index contributed by atoms with van der Waals surface area (Å²) in [6.07, 6.45) is 3.14. The molecule has 0 spiro atoms. The second-order valence-corrected chi connectivity index (χ2v) is 3.73. The Hall–Kier alpha value is -0.570. The lowest BCUT2D eigenvalue weighted by Gasteiger charge is -2.10. The molecule has 0 atom stereocenters. The van der Waals surface area contributed by atoms with E-state index in [0.29, 0.717) is 13.2 Å². The molecular weight excluding hydrogens is 166 g/mol. The van der Waals surface area contributed by atoms with E-state index in [2.05, 4.69) is 13.8 Å². The molecule has 78 valence electrons. The van der Waals surface area contributed by atoms with Crippen LogP contribution in [0.3, 0.4) is 0 Å². The fourth-order valence-corrected chi connectivity index (χ4v) is 0.957. The van der Waals surface area contributed by atoms with Crippen molar-refractivity contribution in [3.8, 4) is 0 Å². The van der Waals surface area contributed by atoms with Gasteiger partial charge in [-0.05, 0) is 18.8 Å². The Kier molecular flexibility index (Phi) is 7.69. The van der Waals surface area contributed by atoms with Crippen LogP contribution in [0.5, 0.6) is 0 Å². The summed E-state index contributed by atoms with van der Waals surface area (Å²) in [7, 11) is 1.75. The third-order valence-corrected chi connectivity index (χ3v) is 1.84. The van der Waals surface area contributed by atoms with Crippen LogP contribution < -0.4 is 0 Å². The fraction of sp³-hybridized carbons (Fsp3) is 0.900. The molecule has 0 N–H and O–H groups in total. The Bertz CT molecular complexity index is 126. The highest BCUT2D eigenvalue weighted by Gasteiger charge is 1.95. The molecule has 0 aliphatic heterocycles. The Morgan fingerprint density at radius 3 is 2.62 bits per heavy atom. The van der Waals surface area contributed by atoms with Gasteiger partial charge in [0, 0.05) is 20.2 Å². The number of hydrogen-bond donors (Lipinski definition) is 0. The van der Waals surface area contributed by atoms with Gasteiger partial charge in [0.1, 0.15) is 0 Å². The highest BCUT2D eigenvalue weighted by atomic mass is 16.5. The molecule has 1 amide bonds. The quantitative estimate of drug-likeness (QED) is 0.426. The van der Waals surface area contributed by atoms with Crippen LogP contribution in [0.25, 0.3) is 0 Å². The summed E-state index contributed by atoms with van der Waals surface area (Å²) in [6, 6.07) is 0. The van der Waals surface area contributed by atoms with Crippen LogP contribution in [0.15, 0.2) is 0 Å². The molecule has 0 heterocycles. The Labute approximate surface area is 81.1 Å². The lowest BCUT2D eigenvalue weighted by atomic mass is 10.1. The monoisotopic (exact) mass is 187 g/mol. The van der Waals surface area contributed by atoms with Crippen molar-refractivity contribution in [3.63, 3.8) is 0 Å². The van der Waals surface area contributed by atoms with E-state index in [0.717, 1.165) is 25.4 Å². The summed E-state index contributed by atoms with van der Waals surface area (Å²) >= 11 is 0. The van der Waals surface area contributed by atoms with Gasteiger partial charge in [0.2, 0.25) is 6.41 Å². The maximum atomic E-state index is 10.2. The van der Waals surface area contributed by atoms with Crippen molar-refractivity contribution in [2.24, 2.45) is 5.92 Å². The van der Waals surface area contributed by atoms with Crippen molar-refractivity contribution in [1.29, 1.82) is 0 Å². The largest absolute Gasteiger partial charge is 0.380 e. The van der Waals surface area contributed by atoms with Gasteiger partial charge >= 0.3 is 0 Å². The summed E-state index contributed by atoms with van der Waals surface area (Å²) < 4.78 is 5.36. The normalized spacial score (nSPS) is 10.5. The van der Waals surface area contributed by atoms with E-state index in [1.807, 2.05) is 0 Å².